The molecule has 0 aliphatic heterocycles. The number of hydrogen-bond acceptors (Lipinski definition) is 6. The molecule has 0 N–H and O–H groups in total. The highest BCUT2D eigenvalue weighted by molar-refractivity contribution is 5.71. The number of rotatable bonds is 65. The molecule has 0 aliphatic rings. The smallest absolute Gasteiger partial charge is 0.306 e. The third-order valence-electron chi connectivity index (χ3n) is 15.8. The summed E-state index contributed by atoms with van der Waals surface area (Å²) < 4.78 is 17.0. The molecule has 466 valence electrons. The number of carbonyl (C=O) groups excluding carboxylic acids is 3. The summed E-state index contributed by atoms with van der Waals surface area (Å²) in [7, 11) is 0. The van der Waals surface area contributed by atoms with Gasteiger partial charge in [0.05, 0.1) is 0 Å². The van der Waals surface area contributed by atoms with E-state index in [0.717, 1.165) is 96.3 Å². The van der Waals surface area contributed by atoms with Crippen LogP contribution in [0.2, 0.25) is 0 Å². The van der Waals surface area contributed by atoms with Crippen LogP contribution in [0.5, 0.6) is 0 Å². The second kappa shape index (κ2) is 68.6. The largest absolute Gasteiger partial charge is 0.462 e. The molecule has 0 aliphatic carbocycles. The zero-order valence-corrected chi connectivity index (χ0v) is 53.6. The maximum absolute atomic E-state index is 12.9. The first-order valence-electron chi connectivity index (χ1n) is 35.3. The van der Waals surface area contributed by atoms with Crippen molar-refractivity contribution in [2.45, 2.75) is 380 Å². The van der Waals surface area contributed by atoms with Crippen molar-refractivity contribution >= 4 is 17.9 Å². The molecule has 0 amide bonds. The Morgan fingerprint density at radius 1 is 0.263 bits per heavy atom. The Labute approximate surface area is 498 Å². The first-order chi connectivity index (χ1) is 39.5. The lowest BCUT2D eigenvalue weighted by molar-refractivity contribution is -0.167. The molecule has 6 nitrogen and oxygen atoms in total. The summed E-state index contributed by atoms with van der Waals surface area (Å²) in [5.74, 6) is -0.865. The van der Waals surface area contributed by atoms with Crippen molar-refractivity contribution in [3.05, 3.63) is 60.8 Å². The summed E-state index contributed by atoms with van der Waals surface area (Å²) >= 11 is 0. The van der Waals surface area contributed by atoms with Gasteiger partial charge in [-0.15, -0.1) is 0 Å². The van der Waals surface area contributed by atoms with Gasteiger partial charge in [0.15, 0.2) is 6.10 Å². The van der Waals surface area contributed by atoms with Gasteiger partial charge in [-0.05, 0) is 83.5 Å². The lowest BCUT2D eigenvalue weighted by Gasteiger charge is -2.18. The fourth-order valence-corrected chi connectivity index (χ4v) is 10.5. The molecule has 1 unspecified atom stereocenters. The number of unbranched alkanes of at least 4 members (excludes halogenated alkanes) is 44. The summed E-state index contributed by atoms with van der Waals surface area (Å²) in [6, 6.07) is 0. The molecule has 80 heavy (non-hydrogen) atoms. The summed E-state index contributed by atoms with van der Waals surface area (Å²) in [6.07, 6.45) is 88.1. The molecule has 0 radical (unpaired) electrons. The fraction of sp³-hybridized carbons (Fsp3) is 0.824. The first kappa shape index (κ1) is 77.1. The van der Waals surface area contributed by atoms with E-state index in [-0.39, 0.29) is 31.1 Å². The Morgan fingerprint density at radius 3 is 0.775 bits per heavy atom. The predicted octanol–water partition coefficient (Wildman–Crippen LogP) is 24.3. The molecule has 0 rings (SSSR count). The molecule has 0 bridgehead atoms. The molecular formula is C74H134O6. The summed E-state index contributed by atoms with van der Waals surface area (Å²) in [6.45, 7) is 6.58. The predicted molar refractivity (Wildman–Crippen MR) is 348 cm³/mol. The fourth-order valence-electron chi connectivity index (χ4n) is 10.5. The van der Waals surface area contributed by atoms with Gasteiger partial charge >= 0.3 is 17.9 Å². The standard InChI is InChI=1S/C74H134O6/c1-4-7-10-13-16-19-22-25-28-31-34-35-36-37-38-39-41-43-46-49-52-55-58-61-64-67-73(76)79-70-71(69-78-72(75)66-63-60-57-54-51-48-45-42-33-30-27-24-21-18-15-12-9-6-3)80-74(77)68-65-62-59-56-53-50-47-44-40-32-29-26-23-20-17-14-11-8-5-2/h8,11,17,20,26,29,31,34,40,44,71H,4-7,9-10,12-16,18-19,21-25,27-28,30,32-33,35-39,41-43,45-70H2,1-3H3/b11-8-,20-17-,29-26-,34-31-,44-40-. The third-order valence-corrected chi connectivity index (χ3v) is 15.8. The highest BCUT2D eigenvalue weighted by atomic mass is 16.6. The zero-order valence-electron chi connectivity index (χ0n) is 53.6. The lowest BCUT2D eigenvalue weighted by Crippen LogP contribution is -2.30. The maximum atomic E-state index is 12.9. The first-order valence-corrected chi connectivity index (χ1v) is 35.3. The van der Waals surface area contributed by atoms with Gasteiger partial charge in [-0.25, -0.2) is 0 Å². The molecule has 0 saturated carbocycles. The quantitative estimate of drug-likeness (QED) is 0.0261. The van der Waals surface area contributed by atoms with Gasteiger partial charge in [0.1, 0.15) is 13.2 Å². The van der Waals surface area contributed by atoms with Gasteiger partial charge < -0.3 is 14.2 Å². The molecule has 0 heterocycles. The van der Waals surface area contributed by atoms with E-state index in [2.05, 4.69) is 81.5 Å². The van der Waals surface area contributed by atoms with Crippen LogP contribution in [0.1, 0.15) is 374 Å². The molecule has 0 aromatic carbocycles. The van der Waals surface area contributed by atoms with Gasteiger partial charge in [0.25, 0.3) is 0 Å². The van der Waals surface area contributed by atoms with Crippen molar-refractivity contribution < 1.29 is 28.6 Å². The van der Waals surface area contributed by atoms with E-state index in [1.807, 2.05) is 0 Å². The van der Waals surface area contributed by atoms with Gasteiger partial charge in [0, 0.05) is 19.3 Å². The highest BCUT2D eigenvalue weighted by Crippen LogP contribution is 2.18. The normalized spacial score (nSPS) is 12.4. The average Bonchev–Trinajstić information content (AvgIpc) is 3.46. The van der Waals surface area contributed by atoms with Crippen molar-refractivity contribution in [3.8, 4) is 0 Å². The second-order valence-electron chi connectivity index (χ2n) is 23.8. The second-order valence-corrected chi connectivity index (χ2v) is 23.8. The van der Waals surface area contributed by atoms with E-state index in [4.69, 9.17) is 14.2 Å². The van der Waals surface area contributed by atoms with Crippen molar-refractivity contribution in [1.29, 1.82) is 0 Å². The minimum atomic E-state index is -0.782. The van der Waals surface area contributed by atoms with Crippen molar-refractivity contribution in [3.63, 3.8) is 0 Å². The van der Waals surface area contributed by atoms with Crippen LogP contribution in [0.15, 0.2) is 60.8 Å². The van der Waals surface area contributed by atoms with Crippen LogP contribution < -0.4 is 0 Å². The molecule has 0 spiro atoms. The van der Waals surface area contributed by atoms with E-state index >= 15 is 0 Å². The minimum Gasteiger partial charge on any atom is -0.462 e. The summed E-state index contributed by atoms with van der Waals surface area (Å²) in [5.41, 5.74) is 0. The van der Waals surface area contributed by atoms with Crippen LogP contribution in [0.3, 0.4) is 0 Å². The topological polar surface area (TPSA) is 78.9 Å². The Bertz CT molecular complexity index is 1430. The Morgan fingerprint density at radius 2 is 0.487 bits per heavy atom. The van der Waals surface area contributed by atoms with Gasteiger partial charge in [-0.2, -0.15) is 0 Å². The number of ether oxygens (including phenoxy) is 3. The average molecular weight is 1120 g/mol. The maximum Gasteiger partial charge on any atom is 0.306 e. The minimum absolute atomic E-state index is 0.0759. The Kier molecular flexibility index (Phi) is 66.1. The van der Waals surface area contributed by atoms with Gasteiger partial charge in [0.2, 0.25) is 0 Å². The molecule has 6 heteroatoms. The molecular weight excluding hydrogens is 985 g/mol. The molecule has 0 aromatic rings. The number of allylic oxidation sites excluding steroid dienone is 10. The molecule has 0 fully saturated rings. The van der Waals surface area contributed by atoms with Crippen molar-refractivity contribution in [2.24, 2.45) is 0 Å². The number of esters is 3. The van der Waals surface area contributed by atoms with Crippen LogP contribution in [0.4, 0.5) is 0 Å². The van der Waals surface area contributed by atoms with E-state index < -0.39 is 6.10 Å². The van der Waals surface area contributed by atoms with E-state index in [9.17, 15) is 14.4 Å². The Hall–Kier alpha value is -2.89. The Balaban J connectivity index is 4.32. The van der Waals surface area contributed by atoms with E-state index in [0.29, 0.717) is 19.3 Å². The van der Waals surface area contributed by atoms with Crippen LogP contribution in [-0.2, 0) is 28.6 Å². The van der Waals surface area contributed by atoms with Crippen LogP contribution in [0.25, 0.3) is 0 Å². The van der Waals surface area contributed by atoms with Crippen LogP contribution >= 0.6 is 0 Å². The van der Waals surface area contributed by atoms with E-state index in [1.165, 1.54) is 238 Å². The molecule has 1 atom stereocenters. The highest BCUT2D eigenvalue weighted by Gasteiger charge is 2.19. The zero-order chi connectivity index (χ0) is 57.8. The summed E-state index contributed by atoms with van der Waals surface area (Å²) in [4.78, 5) is 38.5. The van der Waals surface area contributed by atoms with Gasteiger partial charge in [-0.3, -0.25) is 14.4 Å². The van der Waals surface area contributed by atoms with Crippen LogP contribution in [-0.4, -0.2) is 37.2 Å². The van der Waals surface area contributed by atoms with Gasteiger partial charge in [-0.1, -0.05) is 332 Å². The number of hydrogen-bond donors (Lipinski definition) is 0. The monoisotopic (exact) mass is 1120 g/mol. The van der Waals surface area contributed by atoms with Crippen molar-refractivity contribution in [2.75, 3.05) is 13.2 Å². The number of carbonyl (C=O) groups is 3. The third kappa shape index (κ3) is 65.9. The lowest BCUT2D eigenvalue weighted by atomic mass is 10.0. The molecule has 0 aromatic heterocycles. The van der Waals surface area contributed by atoms with Crippen molar-refractivity contribution in [1.82, 2.24) is 0 Å². The molecule has 0 saturated heterocycles. The SMILES string of the molecule is CC/C=C\C/C=C\C/C=C\C/C=C\CCCCCCCCC(=O)OC(COC(=O)CCCCCCCCCCCCCCC/C=C\CCCCCCCCCC)COC(=O)CCCCCCCCCCCCCCCCCCCC. The van der Waals surface area contributed by atoms with E-state index in [1.54, 1.807) is 0 Å². The van der Waals surface area contributed by atoms with Crippen LogP contribution in [0, 0.1) is 0 Å². The summed E-state index contributed by atoms with van der Waals surface area (Å²) in [5, 5.41) is 0.